The quantitative estimate of drug-likeness (QED) is 0.477. The van der Waals surface area contributed by atoms with Crippen LogP contribution in [0.4, 0.5) is 0 Å². The van der Waals surface area contributed by atoms with Gasteiger partial charge in [0.05, 0.1) is 22.9 Å². The zero-order valence-electron chi connectivity index (χ0n) is 17.0. The van der Waals surface area contributed by atoms with Crippen LogP contribution in [0, 0.1) is 0 Å². The van der Waals surface area contributed by atoms with Gasteiger partial charge in [-0.2, -0.15) is 0 Å². The van der Waals surface area contributed by atoms with E-state index in [9.17, 15) is 8.42 Å². The zero-order chi connectivity index (χ0) is 20.6. The molecule has 2 N–H and O–H groups in total. The van der Waals surface area contributed by atoms with Crippen LogP contribution in [0.15, 0.2) is 45.6 Å². The number of nitrogens with zero attached hydrogens (tertiary/aromatic N) is 2. The number of thiazole rings is 1. The normalized spacial score (nSPS) is 13.5. The van der Waals surface area contributed by atoms with Gasteiger partial charge in [-0.05, 0) is 31.4 Å². The topological polar surface area (TPSA) is 83.4 Å². The molecule has 2 aromatic rings. The minimum Gasteiger partial charge on any atom is -0.357 e. The Morgan fingerprint density at radius 3 is 2.50 bits per heavy atom. The zero-order valence-corrected chi connectivity index (χ0v) is 18.6. The molecule has 0 saturated carbocycles. The average Bonchev–Trinajstić information content (AvgIpc) is 3.15. The van der Waals surface area contributed by atoms with Gasteiger partial charge >= 0.3 is 0 Å². The molecule has 1 aromatic heterocycles. The fourth-order valence-corrected chi connectivity index (χ4v) is 5.07. The monoisotopic (exact) mass is 422 g/mol. The van der Waals surface area contributed by atoms with Crippen LogP contribution in [-0.2, 0) is 16.4 Å². The van der Waals surface area contributed by atoms with Crippen molar-refractivity contribution in [1.82, 2.24) is 15.6 Å². The smallest absolute Gasteiger partial charge is 0.191 e. The molecule has 0 spiro atoms. The lowest BCUT2D eigenvalue weighted by Crippen LogP contribution is -2.46. The van der Waals surface area contributed by atoms with Crippen molar-refractivity contribution in [3.63, 3.8) is 0 Å². The van der Waals surface area contributed by atoms with E-state index in [2.05, 4.69) is 39.8 Å². The van der Waals surface area contributed by atoms with Crippen molar-refractivity contribution >= 4 is 27.1 Å². The average molecular weight is 423 g/mol. The van der Waals surface area contributed by atoms with E-state index in [1.807, 2.05) is 19.9 Å². The second-order valence-corrected chi connectivity index (χ2v) is 9.84. The van der Waals surface area contributed by atoms with Crippen LogP contribution in [0.2, 0.25) is 0 Å². The fourth-order valence-electron chi connectivity index (χ4n) is 2.57. The first-order valence-electron chi connectivity index (χ1n) is 9.62. The molecular formula is C20H30N4O2S2. The molecule has 0 fully saturated rings. The van der Waals surface area contributed by atoms with Gasteiger partial charge < -0.3 is 10.6 Å². The molecule has 0 aliphatic rings. The van der Waals surface area contributed by atoms with Gasteiger partial charge in [0, 0.05) is 18.0 Å². The summed E-state index contributed by atoms with van der Waals surface area (Å²) in [5.41, 5.74) is 1.08. The summed E-state index contributed by atoms with van der Waals surface area (Å²) in [4.78, 5) is 9.54. The van der Waals surface area contributed by atoms with E-state index in [0.717, 1.165) is 10.7 Å². The third-order valence-electron chi connectivity index (χ3n) is 4.23. The molecule has 0 bridgehead atoms. The number of guanidine groups is 1. The van der Waals surface area contributed by atoms with Gasteiger partial charge in [-0.1, -0.05) is 39.0 Å². The predicted molar refractivity (Wildman–Crippen MR) is 117 cm³/mol. The minimum atomic E-state index is -3.36. The lowest BCUT2D eigenvalue weighted by molar-refractivity contribution is 0.569. The second kappa shape index (κ2) is 10.6. The standard InChI is InChI=1S/C20H30N4O2S2/c1-5-16(14-28(25,26)17-10-8-7-9-11-17)23-20(21-6-2)22-12-19-24-18(13-27-19)15(3)4/h7-11,13,15-16H,5-6,12,14H2,1-4H3,(H2,21,22,23). The van der Waals surface area contributed by atoms with Gasteiger partial charge in [-0.3, -0.25) is 0 Å². The molecule has 1 aromatic carbocycles. The van der Waals surface area contributed by atoms with Gasteiger partial charge in [0.2, 0.25) is 0 Å². The van der Waals surface area contributed by atoms with Gasteiger partial charge in [0.25, 0.3) is 0 Å². The predicted octanol–water partition coefficient (Wildman–Crippen LogP) is 3.57. The third-order valence-corrected chi connectivity index (χ3v) is 6.92. The van der Waals surface area contributed by atoms with Crippen LogP contribution in [0.5, 0.6) is 0 Å². The molecule has 0 aliphatic carbocycles. The molecule has 0 amide bonds. The number of rotatable bonds is 9. The Balaban J connectivity index is 2.07. The van der Waals surface area contributed by atoms with Crippen molar-refractivity contribution in [2.24, 2.45) is 4.99 Å². The first kappa shape index (κ1) is 22.4. The Morgan fingerprint density at radius 2 is 1.93 bits per heavy atom. The van der Waals surface area contributed by atoms with E-state index in [0.29, 0.717) is 36.3 Å². The largest absolute Gasteiger partial charge is 0.357 e. The number of benzene rings is 1. The van der Waals surface area contributed by atoms with Crippen LogP contribution in [0.3, 0.4) is 0 Å². The highest BCUT2D eigenvalue weighted by Crippen LogP contribution is 2.18. The Hall–Kier alpha value is -1.93. The van der Waals surface area contributed by atoms with E-state index >= 15 is 0 Å². The van der Waals surface area contributed by atoms with Crippen molar-refractivity contribution in [3.8, 4) is 0 Å². The van der Waals surface area contributed by atoms with Crippen molar-refractivity contribution in [2.75, 3.05) is 12.3 Å². The Kier molecular flexibility index (Phi) is 8.44. The highest BCUT2D eigenvalue weighted by atomic mass is 32.2. The van der Waals surface area contributed by atoms with Gasteiger partial charge in [-0.25, -0.2) is 18.4 Å². The molecule has 8 heteroatoms. The van der Waals surface area contributed by atoms with Gasteiger partial charge in [-0.15, -0.1) is 11.3 Å². The molecule has 2 rings (SSSR count). The Morgan fingerprint density at radius 1 is 1.21 bits per heavy atom. The van der Waals surface area contributed by atoms with E-state index in [-0.39, 0.29) is 11.8 Å². The molecule has 0 aliphatic heterocycles. The van der Waals surface area contributed by atoms with Crippen molar-refractivity contribution in [3.05, 3.63) is 46.4 Å². The SMILES string of the molecule is CCNC(=NCc1nc(C(C)C)cs1)NC(CC)CS(=O)(=O)c1ccccc1. The summed E-state index contributed by atoms with van der Waals surface area (Å²) < 4.78 is 25.4. The van der Waals surface area contributed by atoms with E-state index in [4.69, 9.17) is 0 Å². The maximum atomic E-state index is 12.7. The number of nitrogens with one attached hydrogen (secondary N) is 2. The molecule has 0 radical (unpaired) electrons. The molecule has 6 nitrogen and oxygen atoms in total. The summed E-state index contributed by atoms with van der Waals surface area (Å²) in [6.07, 6.45) is 0.672. The number of hydrogen-bond donors (Lipinski definition) is 2. The van der Waals surface area contributed by atoms with E-state index in [1.165, 1.54) is 0 Å². The highest BCUT2D eigenvalue weighted by Gasteiger charge is 2.21. The number of aliphatic imine (C=N–C) groups is 1. The first-order chi connectivity index (χ1) is 13.4. The molecule has 1 unspecified atom stereocenters. The molecular weight excluding hydrogens is 392 g/mol. The van der Waals surface area contributed by atoms with Crippen LogP contribution in [-0.4, -0.2) is 37.7 Å². The van der Waals surface area contributed by atoms with Crippen LogP contribution in [0.25, 0.3) is 0 Å². The summed E-state index contributed by atoms with van der Waals surface area (Å²) in [6, 6.07) is 8.34. The summed E-state index contributed by atoms with van der Waals surface area (Å²) in [5, 5.41) is 9.48. The van der Waals surface area contributed by atoms with Crippen molar-refractivity contribution in [1.29, 1.82) is 0 Å². The van der Waals surface area contributed by atoms with E-state index in [1.54, 1.807) is 35.6 Å². The lowest BCUT2D eigenvalue weighted by atomic mass is 10.2. The van der Waals surface area contributed by atoms with Crippen LogP contribution < -0.4 is 10.6 Å². The summed E-state index contributed by atoms with van der Waals surface area (Å²) >= 11 is 1.60. The molecule has 1 heterocycles. The highest BCUT2D eigenvalue weighted by molar-refractivity contribution is 7.91. The summed E-state index contributed by atoms with van der Waals surface area (Å²) in [6.45, 7) is 9.35. The lowest BCUT2D eigenvalue weighted by Gasteiger charge is -2.20. The Labute approximate surface area is 172 Å². The molecule has 0 saturated heterocycles. The Bertz CT molecular complexity index is 861. The summed E-state index contributed by atoms with van der Waals surface area (Å²) in [7, 11) is -3.36. The van der Waals surface area contributed by atoms with E-state index < -0.39 is 9.84 Å². The van der Waals surface area contributed by atoms with Crippen LogP contribution >= 0.6 is 11.3 Å². The summed E-state index contributed by atoms with van der Waals surface area (Å²) in [5.74, 6) is 1.03. The first-order valence-corrected chi connectivity index (χ1v) is 12.2. The second-order valence-electron chi connectivity index (χ2n) is 6.86. The molecule has 154 valence electrons. The number of hydrogen-bond acceptors (Lipinski definition) is 5. The third kappa shape index (κ3) is 6.60. The molecule has 1 atom stereocenters. The number of aromatic nitrogens is 1. The fraction of sp³-hybridized carbons (Fsp3) is 0.500. The maximum Gasteiger partial charge on any atom is 0.191 e. The number of sulfone groups is 1. The van der Waals surface area contributed by atoms with Crippen molar-refractivity contribution < 1.29 is 8.42 Å². The van der Waals surface area contributed by atoms with Crippen LogP contribution in [0.1, 0.15) is 50.7 Å². The molecule has 28 heavy (non-hydrogen) atoms. The van der Waals surface area contributed by atoms with Crippen molar-refractivity contribution in [2.45, 2.75) is 57.5 Å². The maximum absolute atomic E-state index is 12.7. The van der Waals surface area contributed by atoms with Gasteiger partial charge in [0.15, 0.2) is 15.8 Å². The minimum absolute atomic E-state index is 0.0205. The van der Waals surface area contributed by atoms with Gasteiger partial charge in [0.1, 0.15) is 5.01 Å².